The van der Waals surface area contributed by atoms with Crippen molar-refractivity contribution < 1.29 is 0 Å². The van der Waals surface area contributed by atoms with Gasteiger partial charge in [0.2, 0.25) is 5.95 Å². The fraction of sp³-hybridized carbons (Fsp3) is 0.304. The van der Waals surface area contributed by atoms with E-state index in [1.54, 1.807) is 0 Å². The number of fused-ring (bicyclic) bond motifs is 1. The molecule has 1 saturated carbocycles. The van der Waals surface area contributed by atoms with E-state index in [0.29, 0.717) is 5.95 Å². The highest BCUT2D eigenvalue weighted by Crippen LogP contribution is 2.49. The minimum atomic E-state index is 0.195. The van der Waals surface area contributed by atoms with Crippen molar-refractivity contribution in [3.8, 4) is 0 Å². The van der Waals surface area contributed by atoms with Crippen LogP contribution < -0.4 is 10.6 Å². The predicted octanol–water partition coefficient (Wildman–Crippen LogP) is 4.36. The van der Waals surface area contributed by atoms with Crippen molar-refractivity contribution in [2.24, 2.45) is 0 Å². The van der Waals surface area contributed by atoms with Crippen LogP contribution in [-0.2, 0) is 18.5 Å². The van der Waals surface area contributed by atoms with Crippen LogP contribution in [0.5, 0.6) is 0 Å². The maximum absolute atomic E-state index is 5.73. The molecule has 2 aliphatic rings. The Labute approximate surface area is 160 Å². The molecule has 1 aliphatic heterocycles. The summed E-state index contributed by atoms with van der Waals surface area (Å²) in [4.78, 5) is 10.8. The van der Waals surface area contributed by atoms with Gasteiger partial charge in [0.15, 0.2) is 0 Å². The van der Waals surface area contributed by atoms with Gasteiger partial charge in [0.05, 0.1) is 12.2 Å². The zero-order chi connectivity index (χ0) is 18.4. The highest BCUT2D eigenvalue weighted by Gasteiger charge is 2.40. The monoisotopic (exact) mass is 356 g/mol. The van der Waals surface area contributed by atoms with Gasteiger partial charge in [-0.05, 0) is 43.0 Å². The molecule has 0 saturated heterocycles. The van der Waals surface area contributed by atoms with Gasteiger partial charge in [-0.15, -0.1) is 0 Å². The highest BCUT2D eigenvalue weighted by molar-refractivity contribution is 5.54. The lowest BCUT2D eigenvalue weighted by Gasteiger charge is -2.43. The van der Waals surface area contributed by atoms with Gasteiger partial charge >= 0.3 is 0 Å². The second-order valence-corrected chi connectivity index (χ2v) is 7.90. The van der Waals surface area contributed by atoms with Gasteiger partial charge in [-0.2, -0.15) is 0 Å². The quantitative estimate of drug-likeness (QED) is 0.758. The normalized spacial score (nSPS) is 17.4. The summed E-state index contributed by atoms with van der Waals surface area (Å²) in [5, 5.41) is 0. The molecule has 2 aromatic carbocycles. The van der Waals surface area contributed by atoms with Crippen molar-refractivity contribution >= 4 is 11.6 Å². The van der Waals surface area contributed by atoms with Crippen molar-refractivity contribution in [3.63, 3.8) is 0 Å². The zero-order valence-corrected chi connectivity index (χ0v) is 15.7. The van der Waals surface area contributed by atoms with E-state index >= 15 is 0 Å². The first-order valence-corrected chi connectivity index (χ1v) is 9.67. The molecule has 1 aliphatic carbocycles. The average Bonchev–Trinajstić information content (AvgIpc) is 3.06. The number of aryl methyl sites for hydroxylation is 1. The summed E-state index contributed by atoms with van der Waals surface area (Å²) in [6, 6.07) is 18.2. The van der Waals surface area contributed by atoms with Crippen molar-refractivity contribution in [1.82, 2.24) is 9.97 Å². The minimum Gasteiger partial charge on any atom is -0.368 e. The lowest BCUT2D eigenvalue weighted by molar-refractivity contribution is 0.301. The number of benzene rings is 2. The van der Waals surface area contributed by atoms with Crippen LogP contribution in [0.25, 0.3) is 0 Å². The predicted molar refractivity (Wildman–Crippen MR) is 109 cm³/mol. The number of nitrogens with zero attached hydrogens (tertiary/aromatic N) is 3. The van der Waals surface area contributed by atoms with Crippen molar-refractivity contribution in [1.29, 1.82) is 0 Å². The second kappa shape index (κ2) is 6.08. The van der Waals surface area contributed by atoms with Crippen LogP contribution in [0.3, 0.4) is 0 Å². The molecular formula is C23H24N4. The molecule has 3 aromatic rings. The van der Waals surface area contributed by atoms with Gasteiger partial charge in [-0.25, -0.2) is 9.97 Å². The summed E-state index contributed by atoms with van der Waals surface area (Å²) < 4.78 is 0. The first-order valence-electron chi connectivity index (χ1n) is 9.67. The number of nitrogen functional groups attached to an aromatic ring is 1. The van der Waals surface area contributed by atoms with Gasteiger partial charge in [0.1, 0.15) is 0 Å². The van der Waals surface area contributed by atoms with E-state index in [-0.39, 0.29) is 5.41 Å². The molecule has 2 N–H and O–H groups in total. The molecule has 0 unspecified atom stereocenters. The van der Waals surface area contributed by atoms with E-state index in [9.17, 15) is 0 Å². The van der Waals surface area contributed by atoms with Gasteiger partial charge in [0.25, 0.3) is 0 Å². The first kappa shape index (κ1) is 16.3. The number of nitrogens with two attached hydrogens (primary N) is 1. The molecule has 5 rings (SSSR count). The standard InChI is InChI=1S/C23H24N4/c1-16-3-5-18(6-4-16)23(11-2-12-23)19-7-9-20(10-8-19)27-14-17-13-25-22(24)26-21(17)15-27/h3-10,13H,2,11-12,14-15H2,1H3,(H2,24,25,26). The van der Waals surface area contributed by atoms with E-state index in [1.165, 1.54) is 47.2 Å². The van der Waals surface area contributed by atoms with E-state index in [2.05, 4.69) is 70.3 Å². The molecule has 0 spiro atoms. The fourth-order valence-electron chi connectivity index (χ4n) is 4.49. The number of hydrogen-bond donors (Lipinski definition) is 1. The SMILES string of the molecule is Cc1ccc(C2(c3ccc(N4Cc5cnc(N)nc5C4)cc3)CCC2)cc1. The number of aromatic nitrogens is 2. The molecule has 1 aromatic heterocycles. The van der Waals surface area contributed by atoms with Gasteiger partial charge < -0.3 is 10.6 Å². The van der Waals surface area contributed by atoms with E-state index < -0.39 is 0 Å². The third-order valence-corrected chi connectivity index (χ3v) is 6.27. The highest BCUT2D eigenvalue weighted by atomic mass is 15.2. The number of rotatable bonds is 3. The maximum atomic E-state index is 5.73. The number of hydrogen-bond acceptors (Lipinski definition) is 4. The van der Waals surface area contributed by atoms with Crippen molar-refractivity contribution in [3.05, 3.63) is 82.7 Å². The van der Waals surface area contributed by atoms with Crippen LogP contribution in [0.2, 0.25) is 0 Å². The molecule has 27 heavy (non-hydrogen) atoms. The molecule has 1 fully saturated rings. The Morgan fingerprint density at radius 1 is 0.926 bits per heavy atom. The van der Waals surface area contributed by atoms with Crippen LogP contribution >= 0.6 is 0 Å². The smallest absolute Gasteiger partial charge is 0.220 e. The largest absolute Gasteiger partial charge is 0.368 e. The molecular weight excluding hydrogens is 332 g/mol. The van der Waals surface area contributed by atoms with Gasteiger partial charge in [-0.1, -0.05) is 48.4 Å². The summed E-state index contributed by atoms with van der Waals surface area (Å²) >= 11 is 0. The molecule has 136 valence electrons. The minimum absolute atomic E-state index is 0.195. The van der Waals surface area contributed by atoms with Gasteiger partial charge in [0, 0.05) is 29.4 Å². The lowest BCUT2D eigenvalue weighted by atomic mass is 9.60. The lowest BCUT2D eigenvalue weighted by Crippen LogP contribution is -2.35. The second-order valence-electron chi connectivity index (χ2n) is 7.90. The molecule has 0 amide bonds. The van der Waals surface area contributed by atoms with Crippen molar-refractivity contribution in [2.45, 2.75) is 44.7 Å². The van der Waals surface area contributed by atoms with Crippen LogP contribution in [0.1, 0.15) is 47.2 Å². The molecule has 4 nitrogen and oxygen atoms in total. The fourth-order valence-corrected chi connectivity index (χ4v) is 4.49. The average molecular weight is 356 g/mol. The van der Waals surface area contributed by atoms with E-state index in [4.69, 9.17) is 5.73 Å². The number of anilines is 2. The summed E-state index contributed by atoms with van der Waals surface area (Å²) in [7, 11) is 0. The zero-order valence-electron chi connectivity index (χ0n) is 15.7. The summed E-state index contributed by atoms with van der Waals surface area (Å²) in [6.45, 7) is 3.79. The van der Waals surface area contributed by atoms with Gasteiger partial charge in [-0.3, -0.25) is 0 Å². The molecule has 0 bridgehead atoms. The summed E-state index contributed by atoms with van der Waals surface area (Å²) in [6.07, 6.45) is 5.63. The van der Waals surface area contributed by atoms with Crippen LogP contribution in [0, 0.1) is 6.92 Å². The Kier molecular flexibility index (Phi) is 3.67. The van der Waals surface area contributed by atoms with E-state index in [0.717, 1.165) is 18.8 Å². The third-order valence-electron chi connectivity index (χ3n) is 6.27. The Balaban J connectivity index is 1.41. The van der Waals surface area contributed by atoms with Crippen LogP contribution in [-0.4, -0.2) is 9.97 Å². The molecule has 0 radical (unpaired) electrons. The maximum Gasteiger partial charge on any atom is 0.220 e. The Hall–Kier alpha value is -2.88. The summed E-state index contributed by atoms with van der Waals surface area (Å²) in [5.74, 6) is 0.357. The van der Waals surface area contributed by atoms with Crippen LogP contribution in [0.15, 0.2) is 54.7 Å². The molecule has 0 atom stereocenters. The summed E-state index contributed by atoms with van der Waals surface area (Å²) in [5.41, 5.74) is 13.6. The Morgan fingerprint density at radius 3 is 2.22 bits per heavy atom. The molecule has 2 heterocycles. The third kappa shape index (κ3) is 2.67. The first-order chi connectivity index (χ1) is 13.1. The van der Waals surface area contributed by atoms with Crippen molar-refractivity contribution in [2.75, 3.05) is 10.6 Å². The topological polar surface area (TPSA) is 55.0 Å². The molecule has 4 heteroatoms. The van der Waals surface area contributed by atoms with E-state index in [1.807, 2.05) is 6.20 Å². The van der Waals surface area contributed by atoms with Crippen LogP contribution in [0.4, 0.5) is 11.6 Å². The Bertz CT molecular complexity index is 972. The Morgan fingerprint density at radius 2 is 1.59 bits per heavy atom.